The second-order valence-corrected chi connectivity index (χ2v) is 9.50. The normalized spacial score (nSPS) is 24.4. The molecular formula is C10H17Cl3N2O3S. The van der Waals surface area contributed by atoms with Crippen LogP contribution in [0.25, 0.3) is 0 Å². The summed E-state index contributed by atoms with van der Waals surface area (Å²) in [5.41, 5.74) is 0. The van der Waals surface area contributed by atoms with Gasteiger partial charge in [0.25, 0.3) is 0 Å². The highest BCUT2D eigenvalue weighted by atomic mass is 35.6. The Bertz CT molecular complexity index is 434. The van der Waals surface area contributed by atoms with Gasteiger partial charge in [0.15, 0.2) is 9.84 Å². The summed E-state index contributed by atoms with van der Waals surface area (Å²) >= 11 is 17.4. The molecule has 0 saturated carbocycles. The van der Waals surface area contributed by atoms with Crippen LogP contribution in [0.3, 0.4) is 0 Å². The molecule has 1 aliphatic rings. The van der Waals surface area contributed by atoms with Crippen LogP contribution in [0.5, 0.6) is 0 Å². The molecule has 0 aromatic carbocycles. The summed E-state index contributed by atoms with van der Waals surface area (Å²) in [7, 11) is -3.04. The summed E-state index contributed by atoms with van der Waals surface area (Å²) in [4.78, 5) is 11.7. The molecular weight excluding hydrogens is 335 g/mol. The topological polar surface area (TPSA) is 75.3 Å². The van der Waals surface area contributed by atoms with Crippen LogP contribution in [0, 0.1) is 5.92 Å². The standard InChI is InChI=1S/C10H17Cl3N2O3S/c1-6(2)8(16)15-9(10(11,12)13)14-7-3-4-19(17,18)5-7/h6-7,9,14H,3-5H2,1-2H3,(H,15,16)/t7-,9+/m1/s1. The fourth-order valence-electron chi connectivity index (χ4n) is 1.69. The van der Waals surface area contributed by atoms with Gasteiger partial charge in [0.2, 0.25) is 9.70 Å². The summed E-state index contributed by atoms with van der Waals surface area (Å²) in [5.74, 6) is -0.439. The van der Waals surface area contributed by atoms with Crippen molar-refractivity contribution >= 4 is 50.5 Å². The zero-order chi connectivity index (χ0) is 14.8. The Morgan fingerprint density at radius 3 is 2.26 bits per heavy atom. The van der Waals surface area contributed by atoms with Crippen LogP contribution in [0.2, 0.25) is 0 Å². The van der Waals surface area contributed by atoms with Crippen molar-refractivity contribution in [1.82, 2.24) is 10.6 Å². The monoisotopic (exact) mass is 350 g/mol. The number of carbonyl (C=O) groups is 1. The summed E-state index contributed by atoms with van der Waals surface area (Å²) < 4.78 is 21.0. The van der Waals surface area contributed by atoms with Crippen LogP contribution in [0.4, 0.5) is 0 Å². The van der Waals surface area contributed by atoms with Crippen molar-refractivity contribution in [2.75, 3.05) is 11.5 Å². The Labute approximate surface area is 128 Å². The lowest BCUT2D eigenvalue weighted by Gasteiger charge is -2.29. The highest BCUT2D eigenvalue weighted by Crippen LogP contribution is 2.30. The summed E-state index contributed by atoms with van der Waals surface area (Å²) in [5, 5.41) is 5.46. The van der Waals surface area contributed by atoms with E-state index in [1.54, 1.807) is 13.8 Å². The number of hydrogen-bond donors (Lipinski definition) is 2. The third-order valence-corrected chi connectivity index (χ3v) is 5.20. The molecule has 9 heteroatoms. The maximum Gasteiger partial charge on any atom is 0.223 e. The fraction of sp³-hybridized carbons (Fsp3) is 0.900. The summed E-state index contributed by atoms with van der Waals surface area (Å²) in [6.45, 7) is 3.43. The quantitative estimate of drug-likeness (QED) is 0.590. The maximum absolute atomic E-state index is 11.7. The van der Waals surface area contributed by atoms with E-state index in [1.165, 1.54) is 0 Å². The molecule has 5 nitrogen and oxygen atoms in total. The minimum atomic E-state index is -3.04. The largest absolute Gasteiger partial charge is 0.336 e. The number of rotatable bonds is 4. The fourth-order valence-corrected chi connectivity index (χ4v) is 3.73. The van der Waals surface area contributed by atoms with E-state index in [0.29, 0.717) is 6.42 Å². The van der Waals surface area contributed by atoms with Gasteiger partial charge in [-0.05, 0) is 6.42 Å². The zero-order valence-electron chi connectivity index (χ0n) is 10.6. The second-order valence-electron chi connectivity index (χ2n) is 4.90. The summed E-state index contributed by atoms with van der Waals surface area (Å²) in [6, 6.07) is -0.321. The molecule has 2 atom stereocenters. The van der Waals surface area contributed by atoms with Crippen molar-refractivity contribution in [3.05, 3.63) is 0 Å². The van der Waals surface area contributed by atoms with Gasteiger partial charge in [-0.15, -0.1) is 0 Å². The Hall–Kier alpha value is 0.250. The molecule has 0 radical (unpaired) electrons. The molecule has 1 amide bonds. The molecule has 0 spiro atoms. The van der Waals surface area contributed by atoms with Gasteiger partial charge in [0, 0.05) is 12.0 Å². The number of sulfone groups is 1. The van der Waals surface area contributed by atoms with E-state index in [2.05, 4.69) is 10.6 Å². The molecule has 2 N–H and O–H groups in total. The molecule has 19 heavy (non-hydrogen) atoms. The highest BCUT2D eigenvalue weighted by Gasteiger charge is 2.38. The number of carbonyl (C=O) groups excluding carboxylic acids is 1. The Morgan fingerprint density at radius 1 is 1.32 bits per heavy atom. The third-order valence-electron chi connectivity index (χ3n) is 2.77. The van der Waals surface area contributed by atoms with Gasteiger partial charge in [0.05, 0.1) is 11.5 Å². The van der Waals surface area contributed by atoms with Gasteiger partial charge < -0.3 is 5.32 Å². The van der Waals surface area contributed by atoms with E-state index < -0.39 is 19.8 Å². The van der Waals surface area contributed by atoms with Crippen molar-refractivity contribution in [3.8, 4) is 0 Å². The molecule has 0 aromatic rings. The van der Waals surface area contributed by atoms with Gasteiger partial charge >= 0.3 is 0 Å². The van der Waals surface area contributed by atoms with Crippen LogP contribution in [0.15, 0.2) is 0 Å². The van der Waals surface area contributed by atoms with E-state index in [4.69, 9.17) is 34.8 Å². The number of alkyl halides is 3. The highest BCUT2D eigenvalue weighted by molar-refractivity contribution is 7.91. The maximum atomic E-state index is 11.7. The average molecular weight is 352 g/mol. The van der Waals surface area contributed by atoms with Gasteiger partial charge in [-0.1, -0.05) is 48.7 Å². The molecule has 1 rings (SSSR count). The average Bonchev–Trinajstić information content (AvgIpc) is 2.55. The number of nitrogens with one attached hydrogen (secondary N) is 2. The minimum absolute atomic E-state index is 0.0121. The molecule has 1 heterocycles. The SMILES string of the molecule is CC(C)C(=O)N[C@H](N[C@@H]1CCS(=O)(=O)C1)C(Cl)(Cl)Cl. The Balaban J connectivity index is 2.69. The van der Waals surface area contributed by atoms with Crippen molar-refractivity contribution in [1.29, 1.82) is 0 Å². The molecule has 1 fully saturated rings. The first-order valence-electron chi connectivity index (χ1n) is 5.85. The first-order chi connectivity index (χ1) is 8.51. The van der Waals surface area contributed by atoms with Gasteiger partial charge in [-0.3, -0.25) is 10.1 Å². The third kappa shape index (κ3) is 5.63. The number of hydrogen-bond acceptors (Lipinski definition) is 4. The van der Waals surface area contributed by atoms with Crippen LogP contribution in [0.1, 0.15) is 20.3 Å². The van der Waals surface area contributed by atoms with Crippen LogP contribution < -0.4 is 10.6 Å². The first-order valence-corrected chi connectivity index (χ1v) is 8.80. The predicted octanol–water partition coefficient (Wildman–Crippen LogP) is 1.23. The molecule has 0 aliphatic carbocycles. The first kappa shape index (κ1) is 17.3. The molecule has 112 valence electrons. The zero-order valence-corrected chi connectivity index (χ0v) is 13.7. The van der Waals surface area contributed by atoms with E-state index in [0.717, 1.165) is 0 Å². The van der Waals surface area contributed by atoms with E-state index in [9.17, 15) is 13.2 Å². The Kier molecular flexibility index (Phi) is 5.78. The van der Waals surface area contributed by atoms with E-state index in [1.807, 2.05) is 0 Å². The minimum Gasteiger partial charge on any atom is -0.336 e. The molecule has 0 aromatic heterocycles. The number of halogens is 3. The van der Waals surface area contributed by atoms with Gasteiger partial charge in [-0.25, -0.2) is 8.42 Å². The van der Waals surface area contributed by atoms with Crippen molar-refractivity contribution < 1.29 is 13.2 Å². The predicted molar refractivity (Wildman–Crippen MR) is 77.3 cm³/mol. The van der Waals surface area contributed by atoms with E-state index in [-0.39, 0.29) is 29.4 Å². The van der Waals surface area contributed by atoms with Gasteiger partial charge in [0.1, 0.15) is 6.17 Å². The van der Waals surface area contributed by atoms with Crippen LogP contribution in [-0.4, -0.2) is 41.8 Å². The summed E-state index contributed by atoms with van der Waals surface area (Å²) in [6.07, 6.45) is -0.484. The van der Waals surface area contributed by atoms with Gasteiger partial charge in [-0.2, -0.15) is 0 Å². The Morgan fingerprint density at radius 2 is 1.89 bits per heavy atom. The number of amides is 1. The van der Waals surface area contributed by atoms with Crippen LogP contribution >= 0.6 is 34.8 Å². The molecule has 1 aliphatic heterocycles. The molecule has 1 saturated heterocycles. The lowest BCUT2D eigenvalue weighted by Crippen LogP contribution is -2.57. The molecule has 0 unspecified atom stereocenters. The molecule has 0 bridgehead atoms. The smallest absolute Gasteiger partial charge is 0.223 e. The van der Waals surface area contributed by atoms with Crippen molar-refractivity contribution in [3.63, 3.8) is 0 Å². The van der Waals surface area contributed by atoms with Crippen molar-refractivity contribution in [2.24, 2.45) is 5.92 Å². The van der Waals surface area contributed by atoms with E-state index >= 15 is 0 Å². The second kappa shape index (κ2) is 6.35. The van der Waals surface area contributed by atoms with Crippen LogP contribution in [-0.2, 0) is 14.6 Å². The van der Waals surface area contributed by atoms with Crippen molar-refractivity contribution in [2.45, 2.75) is 36.3 Å². The lowest BCUT2D eigenvalue weighted by atomic mass is 10.2. The lowest BCUT2D eigenvalue weighted by molar-refractivity contribution is -0.124.